The molecule has 1 aliphatic heterocycles. The first kappa shape index (κ1) is 14.5. The van der Waals surface area contributed by atoms with E-state index in [2.05, 4.69) is 5.18 Å². The molecule has 0 aromatic heterocycles. The number of rotatable bonds is 4. The predicted octanol–water partition coefficient (Wildman–Crippen LogP) is 2.34. The third-order valence-corrected chi connectivity index (χ3v) is 3.78. The van der Waals surface area contributed by atoms with Crippen molar-refractivity contribution < 1.29 is 14.3 Å². The van der Waals surface area contributed by atoms with Gasteiger partial charge in [-0.25, -0.2) is 4.79 Å². The third kappa shape index (κ3) is 2.98. The summed E-state index contributed by atoms with van der Waals surface area (Å²) in [6.07, 6.45) is 0. The van der Waals surface area contributed by atoms with Gasteiger partial charge in [-0.1, -0.05) is 0 Å². The maximum atomic E-state index is 11.9. The van der Waals surface area contributed by atoms with E-state index in [9.17, 15) is 14.5 Å². The van der Waals surface area contributed by atoms with Gasteiger partial charge in [-0.2, -0.15) is 11.8 Å². The molecule has 6 nitrogen and oxygen atoms in total. The zero-order chi connectivity index (χ0) is 14.5. The minimum absolute atomic E-state index is 0.0602. The number of benzene rings is 1. The lowest BCUT2D eigenvalue weighted by Crippen LogP contribution is -2.38. The summed E-state index contributed by atoms with van der Waals surface area (Å²) in [6.45, 7) is 2.49. The fourth-order valence-corrected chi connectivity index (χ4v) is 2.73. The molecule has 0 unspecified atom stereocenters. The maximum Gasteiger partial charge on any atom is 0.338 e. The summed E-state index contributed by atoms with van der Waals surface area (Å²) in [6, 6.07) is 4.46. The Morgan fingerprint density at radius 2 is 2.30 bits per heavy atom. The Morgan fingerprint density at radius 1 is 1.50 bits per heavy atom. The zero-order valence-electron chi connectivity index (χ0n) is 11.0. The summed E-state index contributed by atoms with van der Waals surface area (Å²) >= 11 is 1.56. The molecule has 0 N–H and O–H groups in total. The minimum atomic E-state index is -0.510. The Morgan fingerprint density at radius 3 is 2.95 bits per heavy atom. The Bertz CT molecular complexity index is 547. The normalized spacial score (nSPS) is 15.1. The highest BCUT2D eigenvalue weighted by Crippen LogP contribution is 2.32. The van der Waals surface area contributed by atoms with Gasteiger partial charge in [0.1, 0.15) is 5.69 Å². The summed E-state index contributed by atoms with van der Waals surface area (Å²) in [5.41, 5.74) is 0.776. The van der Waals surface area contributed by atoms with Crippen LogP contribution in [-0.4, -0.2) is 36.5 Å². The van der Waals surface area contributed by atoms with Crippen molar-refractivity contribution in [3.63, 3.8) is 0 Å². The largest absolute Gasteiger partial charge is 0.462 e. The molecule has 0 spiro atoms. The molecular formula is C13H14N2O4S. The number of ether oxygens (including phenoxy) is 1. The smallest absolute Gasteiger partial charge is 0.338 e. The molecule has 2 rings (SSSR count). The van der Waals surface area contributed by atoms with Gasteiger partial charge in [0.05, 0.1) is 23.6 Å². The lowest BCUT2D eigenvalue weighted by Gasteiger charge is -2.27. The average Bonchev–Trinajstić information content (AvgIpc) is 2.47. The van der Waals surface area contributed by atoms with Crippen molar-refractivity contribution >= 4 is 35.0 Å². The summed E-state index contributed by atoms with van der Waals surface area (Å²) in [5.74, 6) is 0.626. The van der Waals surface area contributed by atoms with Crippen molar-refractivity contribution in [3.8, 4) is 0 Å². The molecule has 7 heteroatoms. The van der Waals surface area contributed by atoms with E-state index < -0.39 is 5.97 Å². The van der Waals surface area contributed by atoms with E-state index in [-0.39, 0.29) is 23.8 Å². The molecule has 0 aliphatic carbocycles. The predicted molar refractivity (Wildman–Crippen MR) is 77.5 cm³/mol. The van der Waals surface area contributed by atoms with E-state index in [0.29, 0.717) is 18.0 Å². The van der Waals surface area contributed by atoms with Crippen LogP contribution in [0.5, 0.6) is 0 Å². The summed E-state index contributed by atoms with van der Waals surface area (Å²) in [4.78, 5) is 36.0. The molecule has 1 fully saturated rings. The number of anilines is 1. The van der Waals surface area contributed by atoms with Gasteiger partial charge in [-0.3, -0.25) is 4.79 Å². The van der Waals surface area contributed by atoms with Crippen molar-refractivity contribution in [1.29, 1.82) is 0 Å². The number of carbonyl (C=O) groups is 2. The number of hydrogen-bond acceptors (Lipinski definition) is 6. The number of carbonyl (C=O) groups excluding carboxylic acids is 2. The number of thioether (sulfide) groups is 1. The fourth-order valence-electron chi connectivity index (χ4n) is 1.94. The molecule has 0 radical (unpaired) electrons. The first-order valence-corrected chi connectivity index (χ1v) is 7.35. The van der Waals surface area contributed by atoms with Crippen molar-refractivity contribution in [3.05, 3.63) is 28.7 Å². The van der Waals surface area contributed by atoms with E-state index in [4.69, 9.17) is 4.74 Å². The first-order valence-electron chi connectivity index (χ1n) is 6.20. The monoisotopic (exact) mass is 294 g/mol. The lowest BCUT2D eigenvalue weighted by molar-refractivity contribution is -0.116. The van der Waals surface area contributed by atoms with Crippen molar-refractivity contribution in [2.24, 2.45) is 5.18 Å². The number of nitroso groups, excluding NO2 is 1. The summed E-state index contributed by atoms with van der Waals surface area (Å²) < 4.78 is 4.87. The molecule has 106 valence electrons. The van der Waals surface area contributed by atoms with Crippen LogP contribution in [0.4, 0.5) is 11.4 Å². The van der Waals surface area contributed by atoms with Crippen LogP contribution in [0.15, 0.2) is 23.4 Å². The summed E-state index contributed by atoms with van der Waals surface area (Å²) in [7, 11) is 0. The zero-order valence-corrected chi connectivity index (χ0v) is 11.8. The van der Waals surface area contributed by atoms with Crippen LogP contribution in [-0.2, 0) is 9.53 Å². The second kappa shape index (κ2) is 6.51. The Labute approximate surface area is 120 Å². The molecule has 1 heterocycles. The Kier molecular flexibility index (Phi) is 4.73. The molecule has 0 saturated carbocycles. The van der Waals surface area contributed by atoms with Crippen LogP contribution >= 0.6 is 11.8 Å². The molecule has 1 aromatic carbocycles. The number of esters is 1. The van der Waals surface area contributed by atoms with Crippen LogP contribution in [0.3, 0.4) is 0 Å². The van der Waals surface area contributed by atoms with Crippen LogP contribution in [0, 0.1) is 4.91 Å². The van der Waals surface area contributed by atoms with Gasteiger partial charge in [0.15, 0.2) is 0 Å². The molecule has 1 amide bonds. The van der Waals surface area contributed by atoms with Gasteiger partial charge in [-0.15, -0.1) is 4.91 Å². The fraction of sp³-hybridized carbons (Fsp3) is 0.385. The summed E-state index contributed by atoms with van der Waals surface area (Å²) in [5, 5.41) is 2.92. The number of nitrogens with zero attached hydrogens (tertiary/aromatic N) is 2. The van der Waals surface area contributed by atoms with Gasteiger partial charge >= 0.3 is 5.97 Å². The Balaban J connectivity index is 2.32. The highest BCUT2D eigenvalue weighted by molar-refractivity contribution is 8.00. The quantitative estimate of drug-likeness (QED) is 0.629. The minimum Gasteiger partial charge on any atom is -0.462 e. The average molecular weight is 294 g/mol. The molecule has 1 saturated heterocycles. The SMILES string of the molecule is CCOC(=O)c1ccc(N2CCSCC2=O)c(N=O)c1. The van der Waals surface area contributed by atoms with Crippen molar-refractivity contribution in [2.75, 3.05) is 29.6 Å². The number of amides is 1. The van der Waals surface area contributed by atoms with Crippen molar-refractivity contribution in [1.82, 2.24) is 0 Å². The van der Waals surface area contributed by atoms with Gasteiger partial charge in [0.2, 0.25) is 5.91 Å². The van der Waals surface area contributed by atoms with E-state index >= 15 is 0 Å². The van der Waals surface area contributed by atoms with Gasteiger partial charge in [0, 0.05) is 12.3 Å². The van der Waals surface area contributed by atoms with E-state index in [1.54, 1.807) is 24.8 Å². The van der Waals surface area contributed by atoms with Crippen LogP contribution in [0.2, 0.25) is 0 Å². The molecule has 0 atom stereocenters. The highest BCUT2D eigenvalue weighted by atomic mass is 32.2. The maximum absolute atomic E-state index is 11.9. The lowest BCUT2D eigenvalue weighted by atomic mass is 10.1. The molecule has 1 aliphatic rings. The Hall–Kier alpha value is -1.89. The third-order valence-electron chi connectivity index (χ3n) is 2.86. The van der Waals surface area contributed by atoms with Gasteiger partial charge < -0.3 is 9.64 Å². The van der Waals surface area contributed by atoms with E-state index in [1.807, 2.05) is 0 Å². The number of hydrogen-bond donors (Lipinski definition) is 0. The standard InChI is InChI=1S/C13H14N2O4S/c1-2-19-13(17)9-3-4-11(10(7-9)14-18)15-5-6-20-8-12(15)16/h3-4,7H,2,5-6,8H2,1H3. The van der Waals surface area contributed by atoms with E-state index in [0.717, 1.165) is 5.75 Å². The first-order chi connectivity index (χ1) is 9.67. The second-order valence-electron chi connectivity index (χ2n) is 4.11. The second-order valence-corrected chi connectivity index (χ2v) is 5.22. The van der Waals surface area contributed by atoms with Gasteiger partial charge in [-0.05, 0) is 30.3 Å². The van der Waals surface area contributed by atoms with Crippen LogP contribution in [0.1, 0.15) is 17.3 Å². The van der Waals surface area contributed by atoms with E-state index in [1.165, 1.54) is 17.0 Å². The molecule has 20 heavy (non-hydrogen) atoms. The van der Waals surface area contributed by atoms with Crippen molar-refractivity contribution in [2.45, 2.75) is 6.92 Å². The highest BCUT2D eigenvalue weighted by Gasteiger charge is 2.23. The molecular weight excluding hydrogens is 280 g/mol. The van der Waals surface area contributed by atoms with Crippen LogP contribution < -0.4 is 4.90 Å². The topological polar surface area (TPSA) is 76.0 Å². The van der Waals surface area contributed by atoms with Crippen LogP contribution in [0.25, 0.3) is 0 Å². The van der Waals surface area contributed by atoms with Gasteiger partial charge in [0.25, 0.3) is 0 Å². The molecule has 0 bridgehead atoms. The molecule has 1 aromatic rings.